The number of hydrogen-bond acceptors (Lipinski definition) is 4. The molecule has 1 heterocycles. The number of anilines is 2. The first kappa shape index (κ1) is 25.5. The number of fused-ring (bicyclic) bond motifs is 2. The third kappa shape index (κ3) is 5.41. The monoisotopic (exact) mass is 506 g/mol. The van der Waals surface area contributed by atoms with Crippen LogP contribution in [0.25, 0.3) is 10.8 Å². The van der Waals surface area contributed by atoms with Crippen molar-refractivity contribution in [1.29, 1.82) is 0 Å². The van der Waals surface area contributed by atoms with Crippen LogP contribution < -0.4 is 20.4 Å². The molecular weight excluding hydrogens is 472 g/mol. The highest BCUT2D eigenvalue weighted by molar-refractivity contribution is 6.04. The zero-order chi connectivity index (χ0) is 26.5. The first-order valence-electron chi connectivity index (χ1n) is 13.2. The molecule has 0 spiro atoms. The van der Waals surface area contributed by atoms with Gasteiger partial charge in [0.05, 0.1) is 24.0 Å². The van der Waals surface area contributed by atoms with Gasteiger partial charge < -0.3 is 20.4 Å². The summed E-state index contributed by atoms with van der Waals surface area (Å²) in [7, 11) is 1.74. The van der Waals surface area contributed by atoms with Crippen LogP contribution in [-0.4, -0.2) is 44.0 Å². The van der Waals surface area contributed by atoms with Crippen molar-refractivity contribution in [2.45, 2.75) is 32.0 Å². The van der Waals surface area contributed by atoms with Crippen molar-refractivity contribution in [3.05, 3.63) is 108 Å². The number of hydrogen-bond donors (Lipinski definition) is 2. The number of benzene rings is 4. The summed E-state index contributed by atoms with van der Waals surface area (Å²) >= 11 is 0. The van der Waals surface area contributed by atoms with Crippen LogP contribution in [0.3, 0.4) is 0 Å². The Morgan fingerprint density at radius 1 is 0.895 bits per heavy atom. The third-order valence-corrected chi connectivity index (χ3v) is 7.34. The van der Waals surface area contributed by atoms with E-state index >= 15 is 0 Å². The van der Waals surface area contributed by atoms with Gasteiger partial charge in [-0.25, -0.2) is 0 Å². The maximum Gasteiger partial charge on any atom is 0.251 e. The second kappa shape index (κ2) is 11.5. The lowest BCUT2D eigenvalue weighted by molar-refractivity contribution is -0.128. The van der Waals surface area contributed by atoms with E-state index in [0.717, 1.165) is 40.7 Å². The Hall–Kier alpha value is -4.16. The van der Waals surface area contributed by atoms with Gasteiger partial charge in [-0.1, -0.05) is 84.9 Å². The fraction of sp³-hybridized carbons (Fsp3) is 0.250. The molecule has 0 aromatic heterocycles. The SMILES string of the molecule is CN[C@@H](C)C(=O)NC1CN(CCc2ccccc2)c2ccccc2N(Cc2cccc3ccccc23)C1=O. The van der Waals surface area contributed by atoms with Gasteiger partial charge in [0, 0.05) is 13.1 Å². The summed E-state index contributed by atoms with van der Waals surface area (Å²) in [6, 6.07) is 31.8. The van der Waals surface area contributed by atoms with Gasteiger partial charge in [-0.15, -0.1) is 0 Å². The van der Waals surface area contributed by atoms with E-state index in [9.17, 15) is 9.59 Å². The first-order valence-corrected chi connectivity index (χ1v) is 13.2. The maximum atomic E-state index is 14.2. The Kier molecular flexibility index (Phi) is 7.70. The molecule has 0 saturated carbocycles. The van der Waals surface area contributed by atoms with Crippen LogP contribution in [0, 0.1) is 0 Å². The Bertz CT molecular complexity index is 1420. The average Bonchev–Trinajstić information content (AvgIpc) is 3.07. The van der Waals surface area contributed by atoms with Gasteiger partial charge in [0.1, 0.15) is 6.04 Å². The smallest absolute Gasteiger partial charge is 0.251 e. The fourth-order valence-corrected chi connectivity index (χ4v) is 5.08. The molecule has 2 atom stereocenters. The molecule has 1 aliphatic rings. The highest BCUT2D eigenvalue weighted by Gasteiger charge is 2.35. The summed E-state index contributed by atoms with van der Waals surface area (Å²) in [6.45, 7) is 3.34. The normalized spacial score (nSPS) is 16.2. The van der Waals surface area contributed by atoms with E-state index in [4.69, 9.17) is 0 Å². The van der Waals surface area contributed by atoms with Crippen LogP contribution in [-0.2, 0) is 22.6 Å². The van der Waals surface area contributed by atoms with Crippen molar-refractivity contribution in [1.82, 2.24) is 10.6 Å². The first-order chi connectivity index (χ1) is 18.5. The predicted molar refractivity (Wildman–Crippen MR) is 154 cm³/mol. The highest BCUT2D eigenvalue weighted by Crippen LogP contribution is 2.35. The van der Waals surface area contributed by atoms with Gasteiger partial charge >= 0.3 is 0 Å². The van der Waals surface area contributed by atoms with E-state index in [1.54, 1.807) is 14.0 Å². The van der Waals surface area contributed by atoms with Crippen LogP contribution in [0.15, 0.2) is 97.1 Å². The Labute approximate surface area is 224 Å². The largest absolute Gasteiger partial charge is 0.367 e. The van der Waals surface area contributed by atoms with Gasteiger partial charge in [0.25, 0.3) is 5.91 Å². The second-order valence-electron chi connectivity index (χ2n) is 9.80. The van der Waals surface area contributed by atoms with Crippen LogP contribution in [0.1, 0.15) is 18.1 Å². The lowest BCUT2D eigenvalue weighted by Gasteiger charge is -2.27. The van der Waals surface area contributed by atoms with Crippen LogP contribution >= 0.6 is 0 Å². The second-order valence-corrected chi connectivity index (χ2v) is 9.80. The summed E-state index contributed by atoms with van der Waals surface area (Å²) < 4.78 is 0. The van der Waals surface area contributed by atoms with Crippen molar-refractivity contribution in [3.8, 4) is 0 Å². The fourth-order valence-electron chi connectivity index (χ4n) is 5.08. The number of para-hydroxylation sites is 2. The van der Waals surface area contributed by atoms with E-state index < -0.39 is 12.1 Å². The number of amides is 2. The lowest BCUT2D eigenvalue weighted by Crippen LogP contribution is -2.55. The zero-order valence-electron chi connectivity index (χ0n) is 21.9. The van der Waals surface area contributed by atoms with Crippen molar-refractivity contribution in [2.75, 3.05) is 29.9 Å². The summed E-state index contributed by atoms with van der Waals surface area (Å²) in [5, 5.41) is 8.28. The van der Waals surface area contributed by atoms with Gasteiger partial charge in [-0.2, -0.15) is 0 Å². The quantitative estimate of drug-likeness (QED) is 0.369. The van der Waals surface area contributed by atoms with Crippen LogP contribution in [0.5, 0.6) is 0 Å². The van der Waals surface area contributed by atoms with Gasteiger partial charge in [-0.3, -0.25) is 9.59 Å². The minimum absolute atomic E-state index is 0.107. The molecule has 0 fully saturated rings. The van der Waals surface area contributed by atoms with E-state index in [0.29, 0.717) is 13.1 Å². The Balaban J connectivity index is 1.53. The summed E-state index contributed by atoms with van der Waals surface area (Å²) in [6.07, 6.45) is 0.834. The molecular formula is C32H34N4O2. The molecule has 2 amide bonds. The van der Waals surface area contributed by atoms with Gasteiger partial charge in [0.15, 0.2) is 0 Å². The molecule has 6 nitrogen and oxygen atoms in total. The predicted octanol–water partition coefficient (Wildman–Crippen LogP) is 4.53. The highest BCUT2D eigenvalue weighted by atomic mass is 16.2. The van der Waals surface area contributed by atoms with Crippen molar-refractivity contribution >= 4 is 34.0 Å². The van der Waals surface area contributed by atoms with Gasteiger partial charge in [0.2, 0.25) is 5.91 Å². The number of rotatable bonds is 8. The average molecular weight is 507 g/mol. The lowest BCUT2D eigenvalue weighted by atomic mass is 10.0. The molecule has 2 N–H and O–H groups in total. The van der Waals surface area contributed by atoms with Crippen molar-refractivity contribution in [2.24, 2.45) is 0 Å². The van der Waals surface area contributed by atoms with E-state index in [2.05, 4.69) is 58.0 Å². The molecule has 0 aliphatic carbocycles. The molecule has 1 unspecified atom stereocenters. The van der Waals surface area contributed by atoms with Crippen molar-refractivity contribution < 1.29 is 9.59 Å². The zero-order valence-corrected chi connectivity index (χ0v) is 21.9. The minimum atomic E-state index is -0.684. The number of nitrogens with zero attached hydrogens (tertiary/aromatic N) is 2. The van der Waals surface area contributed by atoms with E-state index in [1.807, 2.05) is 59.5 Å². The molecule has 1 aliphatic heterocycles. The molecule has 4 aromatic carbocycles. The third-order valence-electron chi connectivity index (χ3n) is 7.34. The summed E-state index contributed by atoms with van der Waals surface area (Å²) in [5.41, 5.74) is 4.16. The van der Waals surface area contributed by atoms with Gasteiger partial charge in [-0.05, 0) is 54.4 Å². The molecule has 5 rings (SSSR count). The van der Waals surface area contributed by atoms with Crippen molar-refractivity contribution in [3.63, 3.8) is 0 Å². The van der Waals surface area contributed by atoms with Crippen LogP contribution in [0.4, 0.5) is 11.4 Å². The molecule has 6 heteroatoms. The Morgan fingerprint density at radius 3 is 2.37 bits per heavy atom. The minimum Gasteiger partial charge on any atom is -0.367 e. The number of carbonyl (C=O) groups excluding carboxylic acids is 2. The summed E-state index contributed by atoms with van der Waals surface area (Å²) in [4.78, 5) is 31.2. The molecule has 38 heavy (non-hydrogen) atoms. The maximum absolute atomic E-state index is 14.2. The Morgan fingerprint density at radius 2 is 1.58 bits per heavy atom. The van der Waals surface area contributed by atoms with Crippen LogP contribution in [0.2, 0.25) is 0 Å². The number of likely N-dealkylation sites (N-methyl/N-ethyl adjacent to an activating group) is 1. The topological polar surface area (TPSA) is 64.7 Å². The van der Waals surface area contributed by atoms with E-state index in [-0.39, 0.29) is 11.8 Å². The number of carbonyl (C=O) groups is 2. The standard InChI is InChI=1S/C32H34N4O2/c1-23(33-2)31(37)34-28-22-35(20-19-24-11-4-3-5-12-24)29-17-8-9-18-30(29)36(32(28)38)21-26-15-10-14-25-13-6-7-16-27(25)26/h3-18,23,28,33H,19-22H2,1-2H3,(H,34,37)/t23-,28?/m0/s1. The van der Waals surface area contributed by atoms with E-state index in [1.165, 1.54) is 5.56 Å². The molecule has 0 saturated heterocycles. The molecule has 4 aromatic rings. The molecule has 0 bridgehead atoms. The molecule has 0 radical (unpaired) electrons. The molecule has 194 valence electrons. The summed E-state index contributed by atoms with van der Waals surface area (Å²) in [5.74, 6) is -0.297. The number of nitrogens with one attached hydrogen (secondary N) is 2.